The molecule has 0 radical (unpaired) electrons. The maximum absolute atomic E-state index is 3.52. The first kappa shape index (κ1) is 12.0. The SMILES string of the molecule is CCc1c(C)[nH]c2c1CCCC2.c1cc[nH]c1. The van der Waals surface area contributed by atoms with Gasteiger partial charge in [-0.05, 0) is 62.3 Å². The van der Waals surface area contributed by atoms with Crippen LogP contribution in [0.4, 0.5) is 0 Å². The highest BCUT2D eigenvalue weighted by molar-refractivity contribution is 5.37. The summed E-state index contributed by atoms with van der Waals surface area (Å²) in [4.78, 5) is 6.38. The average molecular weight is 230 g/mol. The van der Waals surface area contributed by atoms with Crippen LogP contribution in [0.15, 0.2) is 24.5 Å². The summed E-state index contributed by atoms with van der Waals surface area (Å²) in [5.74, 6) is 0. The lowest BCUT2D eigenvalue weighted by molar-refractivity contribution is 0.673. The quantitative estimate of drug-likeness (QED) is 0.747. The van der Waals surface area contributed by atoms with E-state index in [1.54, 1.807) is 11.1 Å². The van der Waals surface area contributed by atoms with Crippen LogP contribution < -0.4 is 0 Å². The number of nitrogens with one attached hydrogen (secondary N) is 2. The van der Waals surface area contributed by atoms with E-state index in [9.17, 15) is 0 Å². The van der Waals surface area contributed by atoms with Crippen LogP contribution >= 0.6 is 0 Å². The van der Waals surface area contributed by atoms with Gasteiger partial charge in [0.1, 0.15) is 0 Å². The van der Waals surface area contributed by atoms with Gasteiger partial charge in [-0.15, -0.1) is 0 Å². The predicted molar refractivity (Wildman–Crippen MR) is 72.3 cm³/mol. The Balaban J connectivity index is 0.000000181. The van der Waals surface area contributed by atoms with E-state index < -0.39 is 0 Å². The number of aromatic nitrogens is 2. The summed E-state index contributed by atoms with van der Waals surface area (Å²) < 4.78 is 0. The molecule has 0 saturated heterocycles. The van der Waals surface area contributed by atoms with E-state index >= 15 is 0 Å². The molecule has 2 heterocycles. The van der Waals surface area contributed by atoms with Gasteiger partial charge in [-0.1, -0.05) is 6.92 Å². The van der Waals surface area contributed by atoms with Gasteiger partial charge in [0, 0.05) is 23.8 Å². The molecule has 1 aliphatic rings. The third-order valence-electron chi connectivity index (χ3n) is 3.47. The van der Waals surface area contributed by atoms with Crippen molar-refractivity contribution in [1.29, 1.82) is 0 Å². The van der Waals surface area contributed by atoms with Crippen LogP contribution in [0.5, 0.6) is 0 Å². The smallest absolute Gasteiger partial charge is 0.0184 e. The molecule has 92 valence electrons. The van der Waals surface area contributed by atoms with Crippen LogP contribution in [0.25, 0.3) is 0 Å². The van der Waals surface area contributed by atoms with Gasteiger partial charge >= 0.3 is 0 Å². The van der Waals surface area contributed by atoms with Gasteiger partial charge in [0.2, 0.25) is 0 Å². The summed E-state index contributed by atoms with van der Waals surface area (Å²) in [5.41, 5.74) is 6.16. The van der Waals surface area contributed by atoms with Crippen molar-refractivity contribution in [2.75, 3.05) is 0 Å². The molecule has 0 bridgehead atoms. The standard InChI is InChI=1S/C11H17N.C4H5N/c1-3-9-8(2)12-11-7-5-4-6-10(9)11;1-2-4-5-3-1/h12H,3-7H2,1-2H3;1-5H. The first-order valence-corrected chi connectivity index (χ1v) is 6.60. The molecule has 3 rings (SSSR count). The first-order valence-electron chi connectivity index (χ1n) is 6.60. The van der Waals surface area contributed by atoms with E-state index in [4.69, 9.17) is 0 Å². The monoisotopic (exact) mass is 230 g/mol. The number of hydrogen-bond donors (Lipinski definition) is 2. The fourth-order valence-corrected chi connectivity index (χ4v) is 2.66. The Hall–Kier alpha value is -1.44. The van der Waals surface area contributed by atoms with E-state index in [0.717, 1.165) is 0 Å². The number of fused-ring (bicyclic) bond motifs is 1. The molecule has 0 unspecified atom stereocenters. The van der Waals surface area contributed by atoms with Crippen molar-refractivity contribution in [2.45, 2.75) is 46.0 Å². The van der Waals surface area contributed by atoms with Gasteiger partial charge in [-0.3, -0.25) is 0 Å². The summed E-state index contributed by atoms with van der Waals surface area (Å²) in [6.45, 7) is 4.46. The van der Waals surface area contributed by atoms with E-state index in [2.05, 4.69) is 23.8 Å². The molecule has 0 fully saturated rings. The summed E-state index contributed by atoms with van der Waals surface area (Å²) >= 11 is 0. The van der Waals surface area contributed by atoms with Crippen molar-refractivity contribution >= 4 is 0 Å². The molecule has 2 heteroatoms. The van der Waals surface area contributed by atoms with Crippen LogP contribution in [0, 0.1) is 6.92 Å². The molecule has 0 atom stereocenters. The van der Waals surface area contributed by atoms with Gasteiger partial charge in [0.05, 0.1) is 0 Å². The molecule has 0 saturated carbocycles. The third kappa shape index (κ3) is 2.82. The highest BCUT2D eigenvalue weighted by Crippen LogP contribution is 2.26. The highest BCUT2D eigenvalue weighted by Gasteiger charge is 2.16. The topological polar surface area (TPSA) is 31.6 Å². The Morgan fingerprint density at radius 2 is 1.82 bits per heavy atom. The minimum Gasteiger partial charge on any atom is -0.368 e. The zero-order chi connectivity index (χ0) is 12.1. The van der Waals surface area contributed by atoms with Gasteiger partial charge in [0.25, 0.3) is 0 Å². The van der Waals surface area contributed by atoms with Crippen molar-refractivity contribution in [2.24, 2.45) is 0 Å². The van der Waals surface area contributed by atoms with E-state index in [1.807, 2.05) is 24.5 Å². The molecular weight excluding hydrogens is 208 g/mol. The van der Waals surface area contributed by atoms with Crippen molar-refractivity contribution in [3.8, 4) is 0 Å². The number of H-pyrrole nitrogens is 2. The lowest BCUT2D eigenvalue weighted by Gasteiger charge is -2.11. The van der Waals surface area contributed by atoms with E-state index in [0.29, 0.717) is 0 Å². The molecular formula is C15H22N2. The summed E-state index contributed by atoms with van der Waals surface area (Å²) in [5, 5.41) is 0. The number of hydrogen-bond acceptors (Lipinski definition) is 0. The molecule has 2 aromatic heterocycles. The van der Waals surface area contributed by atoms with Crippen LogP contribution in [0.3, 0.4) is 0 Å². The second-order valence-corrected chi connectivity index (χ2v) is 4.63. The van der Waals surface area contributed by atoms with Crippen molar-refractivity contribution < 1.29 is 0 Å². The van der Waals surface area contributed by atoms with E-state index in [-0.39, 0.29) is 0 Å². The van der Waals surface area contributed by atoms with Gasteiger partial charge in [-0.2, -0.15) is 0 Å². The molecule has 2 nitrogen and oxygen atoms in total. The molecule has 0 aromatic carbocycles. The normalized spacial score (nSPS) is 13.8. The lowest BCUT2D eigenvalue weighted by Crippen LogP contribution is -2.01. The largest absolute Gasteiger partial charge is 0.368 e. The molecule has 2 N–H and O–H groups in total. The molecule has 0 spiro atoms. The molecule has 0 amide bonds. The van der Waals surface area contributed by atoms with Crippen molar-refractivity contribution in [1.82, 2.24) is 9.97 Å². The highest BCUT2D eigenvalue weighted by atomic mass is 14.7. The Morgan fingerprint density at radius 1 is 1.12 bits per heavy atom. The second-order valence-electron chi connectivity index (χ2n) is 4.63. The number of aryl methyl sites for hydroxylation is 2. The first-order chi connectivity index (χ1) is 8.33. The zero-order valence-corrected chi connectivity index (χ0v) is 10.8. The fraction of sp³-hybridized carbons (Fsp3) is 0.467. The minimum atomic E-state index is 1.19. The van der Waals surface area contributed by atoms with Crippen LogP contribution in [-0.2, 0) is 19.3 Å². The van der Waals surface area contributed by atoms with Gasteiger partial charge < -0.3 is 9.97 Å². The van der Waals surface area contributed by atoms with Crippen LogP contribution in [-0.4, -0.2) is 9.97 Å². The third-order valence-corrected chi connectivity index (χ3v) is 3.47. The van der Waals surface area contributed by atoms with Crippen molar-refractivity contribution in [3.05, 3.63) is 47.0 Å². The van der Waals surface area contributed by atoms with E-state index in [1.165, 1.54) is 43.5 Å². The van der Waals surface area contributed by atoms with Crippen LogP contribution in [0.2, 0.25) is 0 Å². The second kappa shape index (κ2) is 5.76. The summed E-state index contributed by atoms with van der Waals surface area (Å²) in [7, 11) is 0. The zero-order valence-electron chi connectivity index (χ0n) is 10.8. The molecule has 1 aliphatic carbocycles. The Morgan fingerprint density at radius 3 is 2.41 bits per heavy atom. The molecule has 2 aromatic rings. The molecule has 0 aliphatic heterocycles. The van der Waals surface area contributed by atoms with Crippen molar-refractivity contribution in [3.63, 3.8) is 0 Å². The fourth-order valence-electron chi connectivity index (χ4n) is 2.66. The lowest BCUT2D eigenvalue weighted by atomic mass is 9.94. The minimum absolute atomic E-state index is 1.19. The Kier molecular flexibility index (Phi) is 4.08. The Bertz CT molecular complexity index is 420. The summed E-state index contributed by atoms with van der Waals surface area (Å²) in [6.07, 6.45) is 10.3. The van der Waals surface area contributed by atoms with Gasteiger partial charge in [-0.25, -0.2) is 0 Å². The average Bonchev–Trinajstić information content (AvgIpc) is 2.98. The Labute approximate surface area is 103 Å². The molecule has 17 heavy (non-hydrogen) atoms. The number of rotatable bonds is 1. The predicted octanol–water partition coefficient (Wildman–Crippen LogP) is 3.78. The summed E-state index contributed by atoms with van der Waals surface area (Å²) in [6, 6.07) is 3.89. The van der Waals surface area contributed by atoms with Crippen LogP contribution in [0.1, 0.15) is 42.3 Å². The maximum atomic E-state index is 3.52. The van der Waals surface area contributed by atoms with Gasteiger partial charge in [0.15, 0.2) is 0 Å². The maximum Gasteiger partial charge on any atom is 0.0184 e. The number of aromatic amines is 2.